The quantitative estimate of drug-likeness (QED) is 0.683. The Morgan fingerprint density at radius 2 is 1.80 bits per heavy atom. The lowest BCUT2D eigenvalue weighted by molar-refractivity contribution is -0.132. The fourth-order valence-electron chi connectivity index (χ4n) is 4.62. The average molecular weight is 437 g/mol. The van der Waals surface area contributed by atoms with Crippen molar-refractivity contribution in [3.8, 4) is 0 Å². The van der Waals surface area contributed by atoms with Gasteiger partial charge in [0.25, 0.3) is 0 Å². The first-order valence-electron chi connectivity index (χ1n) is 10.6. The first-order chi connectivity index (χ1) is 14.4. The van der Waals surface area contributed by atoms with Crippen LogP contribution in [0.1, 0.15) is 31.2 Å². The second-order valence-electron chi connectivity index (χ2n) is 8.53. The molecule has 0 saturated carbocycles. The molecule has 30 heavy (non-hydrogen) atoms. The number of halogens is 3. The predicted octanol–water partition coefficient (Wildman–Crippen LogP) is 3.66. The number of likely N-dealkylation sites (tertiary alicyclic amines) is 2. The van der Waals surface area contributed by atoms with Crippen molar-refractivity contribution >= 4 is 30.1 Å². The highest BCUT2D eigenvalue weighted by Gasteiger charge is 2.36. The molecule has 3 aliphatic rings. The first kappa shape index (κ1) is 21.4. The van der Waals surface area contributed by atoms with E-state index in [0.717, 1.165) is 18.4 Å². The summed E-state index contributed by atoms with van der Waals surface area (Å²) >= 11 is 6.00. The van der Waals surface area contributed by atoms with Crippen molar-refractivity contribution in [2.24, 2.45) is 15.9 Å². The molecule has 1 aromatic rings. The van der Waals surface area contributed by atoms with Crippen LogP contribution in [0.5, 0.6) is 0 Å². The van der Waals surface area contributed by atoms with Crippen molar-refractivity contribution in [3.05, 3.63) is 34.9 Å². The summed E-state index contributed by atoms with van der Waals surface area (Å²) in [5.41, 5.74) is 0.360. The summed E-state index contributed by atoms with van der Waals surface area (Å²) in [5.74, 6) is 0.504. The fraction of sp³-hybridized carbons (Fsp3) is 0.591. The van der Waals surface area contributed by atoms with E-state index in [1.807, 2.05) is 34.1 Å². The lowest BCUT2D eigenvalue weighted by Crippen LogP contribution is -2.42. The van der Waals surface area contributed by atoms with Crippen LogP contribution in [0.25, 0.3) is 0 Å². The Morgan fingerprint density at radius 3 is 2.40 bits per heavy atom. The zero-order chi connectivity index (χ0) is 21.1. The van der Waals surface area contributed by atoms with E-state index in [2.05, 4.69) is 9.98 Å². The molecule has 1 amide bonds. The van der Waals surface area contributed by atoms with Gasteiger partial charge in [-0.15, -0.1) is 0 Å². The highest BCUT2D eigenvalue weighted by atomic mass is 35.5. The van der Waals surface area contributed by atoms with Crippen LogP contribution in [0.2, 0.25) is 5.02 Å². The van der Waals surface area contributed by atoms with Gasteiger partial charge < -0.3 is 4.90 Å². The number of carbonyl (C=O) groups excluding carboxylic acids is 1. The van der Waals surface area contributed by atoms with E-state index in [0.29, 0.717) is 43.4 Å². The Kier molecular flexibility index (Phi) is 6.48. The third-order valence-electron chi connectivity index (χ3n) is 6.45. The van der Waals surface area contributed by atoms with Crippen molar-refractivity contribution in [2.45, 2.75) is 43.6 Å². The van der Waals surface area contributed by atoms with Crippen LogP contribution in [0.3, 0.4) is 0 Å². The fourth-order valence-corrected chi connectivity index (χ4v) is 4.74. The van der Waals surface area contributed by atoms with E-state index >= 15 is 0 Å². The minimum absolute atomic E-state index is 0.117. The number of alkyl halides is 2. The highest BCUT2D eigenvalue weighted by molar-refractivity contribution is 6.30. The SMILES string of the molecule is O=C(CCC1(c2ccc(Cl)cc2)C=NC=N1)N1CCC(CN2C[C@H](F)[C@@H](F)C2)CC1. The van der Waals surface area contributed by atoms with Crippen LogP contribution in [-0.2, 0) is 10.3 Å². The summed E-state index contributed by atoms with van der Waals surface area (Å²) < 4.78 is 26.8. The number of rotatable bonds is 6. The van der Waals surface area contributed by atoms with E-state index in [1.54, 1.807) is 6.21 Å². The van der Waals surface area contributed by atoms with Gasteiger partial charge in [0.05, 0.1) is 0 Å². The third-order valence-corrected chi connectivity index (χ3v) is 6.70. The number of amides is 1. The predicted molar refractivity (Wildman–Crippen MR) is 115 cm³/mol. The Labute approximate surface area is 180 Å². The van der Waals surface area contributed by atoms with E-state index in [4.69, 9.17) is 11.6 Å². The molecule has 8 heteroatoms. The Morgan fingerprint density at radius 1 is 1.13 bits per heavy atom. The number of carbonyl (C=O) groups is 1. The molecule has 5 nitrogen and oxygen atoms in total. The lowest BCUT2D eigenvalue weighted by atomic mass is 9.87. The molecule has 0 spiro atoms. The van der Waals surface area contributed by atoms with Gasteiger partial charge in [-0.25, -0.2) is 13.8 Å². The monoisotopic (exact) mass is 436 g/mol. The largest absolute Gasteiger partial charge is 0.343 e. The molecule has 0 N–H and O–H groups in total. The van der Waals surface area contributed by atoms with Crippen LogP contribution < -0.4 is 0 Å². The van der Waals surface area contributed by atoms with Crippen molar-refractivity contribution in [3.63, 3.8) is 0 Å². The van der Waals surface area contributed by atoms with Gasteiger partial charge in [-0.2, -0.15) is 0 Å². The van der Waals surface area contributed by atoms with Gasteiger partial charge in [0.2, 0.25) is 5.91 Å². The highest BCUT2D eigenvalue weighted by Crippen LogP contribution is 2.33. The van der Waals surface area contributed by atoms with Crippen LogP contribution in [0.15, 0.2) is 34.3 Å². The number of benzene rings is 1. The minimum Gasteiger partial charge on any atom is -0.343 e. The Balaban J connectivity index is 1.27. The lowest BCUT2D eigenvalue weighted by Gasteiger charge is -2.34. The van der Waals surface area contributed by atoms with Crippen LogP contribution >= 0.6 is 11.6 Å². The molecule has 1 aromatic carbocycles. The molecule has 3 aliphatic heterocycles. The second kappa shape index (κ2) is 9.10. The normalized spacial score (nSPS) is 29.8. The Hall–Kier alpha value is -1.86. The minimum atomic E-state index is -1.36. The maximum Gasteiger partial charge on any atom is 0.222 e. The molecule has 3 heterocycles. The zero-order valence-electron chi connectivity index (χ0n) is 16.9. The van der Waals surface area contributed by atoms with Gasteiger partial charge >= 0.3 is 0 Å². The van der Waals surface area contributed by atoms with Crippen molar-refractivity contribution in [2.75, 3.05) is 32.7 Å². The van der Waals surface area contributed by atoms with Crippen LogP contribution in [-0.4, -0.2) is 73.3 Å². The summed E-state index contributed by atoms with van der Waals surface area (Å²) in [6.45, 7) is 2.49. The maximum absolute atomic E-state index is 13.4. The molecule has 162 valence electrons. The van der Waals surface area contributed by atoms with E-state index in [9.17, 15) is 13.6 Å². The number of hydrogen-bond acceptors (Lipinski definition) is 4. The summed E-state index contributed by atoms with van der Waals surface area (Å²) in [5, 5.41) is 0.657. The first-order valence-corrected chi connectivity index (χ1v) is 11.0. The van der Waals surface area contributed by atoms with E-state index < -0.39 is 17.9 Å². The van der Waals surface area contributed by atoms with Crippen molar-refractivity contribution < 1.29 is 13.6 Å². The van der Waals surface area contributed by atoms with Crippen molar-refractivity contribution in [1.82, 2.24) is 9.80 Å². The molecule has 0 radical (unpaired) electrons. The standard InChI is InChI=1S/C22H27ClF2N4O/c23-18-3-1-17(2-4-18)22(14-26-15-27-22)8-5-21(30)29-9-6-16(7-10-29)11-28-12-19(24)20(25)13-28/h1-4,14-16,19-20H,5-13H2/t19-,20-,22?/m0/s1. The third kappa shape index (κ3) is 4.72. The molecule has 0 bridgehead atoms. The molecule has 2 fully saturated rings. The number of nitrogens with zero attached hydrogens (tertiary/aromatic N) is 4. The number of aliphatic imine (C=N–C) groups is 2. The summed E-state index contributed by atoms with van der Waals surface area (Å²) in [7, 11) is 0. The van der Waals surface area contributed by atoms with Gasteiger partial charge in [-0.3, -0.25) is 14.7 Å². The van der Waals surface area contributed by atoms with Crippen molar-refractivity contribution in [1.29, 1.82) is 0 Å². The van der Waals surface area contributed by atoms with Gasteiger partial charge in [0.15, 0.2) is 0 Å². The molecular formula is C22H27ClF2N4O. The molecule has 4 rings (SSSR count). The smallest absolute Gasteiger partial charge is 0.222 e. The average Bonchev–Trinajstić information content (AvgIpc) is 3.34. The number of hydrogen-bond donors (Lipinski definition) is 0. The molecular weight excluding hydrogens is 410 g/mol. The van der Waals surface area contributed by atoms with Crippen LogP contribution in [0, 0.1) is 5.92 Å². The molecule has 0 aromatic heterocycles. The van der Waals surface area contributed by atoms with Gasteiger partial charge in [0, 0.05) is 50.4 Å². The van der Waals surface area contributed by atoms with Gasteiger partial charge in [-0.05, 0) is 42.9 Å². The Bertz CT molecular complexity index is 786. The number of piperidine rings is 1. The summed E-state index contributed by atoms with van der Waals surface area (Å²) in [6, 6.07) is 7.50. The van der Waals surface area contributed by atoms with Gasteiger partial charge in [-0.1, -0.05) is 23.7 Å². The second-order valence-corrected chi connectivity index (χ2v) is 8.97. The van der Waals surface area contributed by atoms with Crippen LogP contribution in [0.4, 0.5) is 8.78 Å². The molecule has 0 aliphatic carbocycles. The molecule has 2 saturated heterocycles. The molecule has 1 unspecified atom stereocenters. The summed E-state index contributed by atoms with van der Waals surface area (Å²) in [4.78, 5) is 25.3. The summed E-state index contributed by atoms with van der Waals surface area (Å²) in [6.07, 6.45) is 3.29. The maximum atomic E-state index is 13.4. The van der Waals surface area contributed by atoms with Gasteiger partial charge in [0.1, 0.15) is 24.2 Å². The van der Waals surface area contributed by atoms with E-state index in [-0.39, 0.29) is 19.0 Å². The van der Waals surface area contributed by atoms with E-state index in [1.165, 1.54) is 6.34 Å². The zero-order valence-corrected chi connectivity index (χ0v) is 17.6. The topological polar surface area (TPSA) is 48.3 Å². The molecule has 3 atom stereocenters.